The van der Waals surface area contributed by atoms with Gasteiger partial charge in [-0.3, -0.25) is 14.5 Å². The summed E-state index contributed by atoms with van der Waals surface area (Å²) < 4.78 is 5.98. The highest BCUT2D eigenvalue weighted by Crippen LogP contribution is 2.37. The van der Waals surface area contributed by atoms with Crippen LogP contribution in [0.15, 0.2) is 18.3 Å². The van der Waals surface area contributed by atoms with E-state index in [9.17, 15) is 9.59 Å². The van der Waals surface area contributed by atoms with E-state index in [2.05, 4.69) is 15.2 Å². The van der Waals surface area contributed by atoms with Gasteiger partial charge in [0.25, 0.3) is 5.91 Å². The van der Waals surface area contributed by atoms with Crippen LogP contribution in [0.5, 0.6) is 0 Å². The molecule has 0 aromatic carbocycles. The number of rotatable bonds is 4. The van der Waals surface area contributed by atoms with E-state index < -0.39 is 0 Å². The molecule has 2 amide bonds. The van der Waals surface area contributed by atoms with Crippen LogP contribution in [0.3, 0.4) is 0 Å². The van der Waals surface area contributed by atoms with Crippen molar-refractivity contribution in [2.45, 2.75) is 6.10 Å². The summed E-state index contributed by atoms with van der Waals surface area (Å²) in [6, 6.07) is 3.84. The topological polar surface area (TPSA) is 74.8 Å². The smallest absolute Gasteiger partial charge is 0.263 e. The lowest BCUT2D eigenvalue weighted by Gasteiger charge is -2.32. The quantitative estimate of drug-likeness (QED) is 0.882. The molecule has 0 unspecified atom stereocenters. The fourth-order valence-electron chi connectivity index (χ4n) is 2.94. The molecule has 0 radical (unpaired) electrons. The van der Waals surface area contributed by atoms with E-state index >= 15 is 0 Å². The molecule has 8 heteroatoms. The van der Waals surface area contributed by atoms with Gasteiger partial charge in [0, 0.05) is 51.4 Å². The Balaban J connectivity index is 1.97. The monoisotopic (exact) mass is 362 g/mol. The van der Waals surface area contributed by atoms with Crippen LogP contribution in [-0.2, 0) is 9.53 Å². The third-order valence-corrected chi connectivity index (χ3v) is 5.34. The number of carbonyl (C=O) groups is 2. The van der Waals surface area contributed by atoms with Crippen molar-refractivity contribution >= 4 is 33.4 Å². The van der Waals surface area contributed by atoms with Gasteiger partial charge in [-0.05, 0) is 6.07 Å². The maximum atomic E-state index is 12.7. The number of aromatic nitrogens is 1. The number of likely N-dealkylation sites (N-methyl/N-ethyl adjacent to an activating group) is 1. The first-order valence-corrected chi connectivity index (χ1v) is 8.96. The first-order valence-electron chi connectivity index (χ1n) is 8.15. The minimum atomic E-state index is -0.254. The Morgan fingerprint density at radius 3 is 3.00 bits per heavy atom. The largest absolute Gasteiger partial charge is 0.371 e. The van der Waals surface area contributed by atoms with Gasteiger partial charge in [-0.25, -0.2) is 4.98 Å². The van der Waals surface area contributed by atoms with Gasteiger partial charge in [0.15, 0.2) is 0 Å². The van der Waals surface area contributed by atoms with Crippen molar-refractivity contribution in [3.8, 4) is 0 Å². The summed E-state index contributed by atoms with van der Waals surface area (Å²) in [5.74, 6) is -0.0768. The number of amides is 2. The second kappa shape index (κ2) is 7.47. The highest BCUT2D eigenvalue weighted by atomic mass is 32.1. The van der Waals surface area contributed by atoms with Crippen LogP contribution < -0.4 is 5.32 Å². The number of nitrogens with zero attached hydrogens (tertiary/aromatic N) is 3. The molecule has 3 heterocycles. The van der Waals surface area contributed by atoms with E-state index in [1.54, 1.807) is 32.2 Å². The lowest BCUT2D eigenvalue weighted by molar-refractivity contribution is -0.123. The summed E-state index contributed by atoms with van der Waals surface area (Å²) in [6.45, 7) is 2.12. The summed E-state index contributed by atoms with van der Waals surface area (Å²) >= 11 is 1.39. The minimum Gasteiger partial charge on any atom is -0.371 e. The summed E-state index contributed by atoms with van der Waals surface area (Å²) in [5.41, 5.74) is 0.883. The average Bonchev–Trinajstić information content (AvgIpc) is 3.00. The normalized spacial score (nSPS) is 18.3. The van der Waals surface area contributed by atoms with Crippen LogP contribution in [0, 0.1) is 0 Å². The van der Waals surface area contributed by atoms with Gasteiger partial charge in [-0.15, -0.1) is 11.3 Å². The average molecular weight is 362 g/mol. The van der Waals surface area contributed by atoms with Crippen LogP contribution >= 0.6 is 11.3 Å². The summed E-state index contributed by atoms with van der Waals surface area (Å²) in [4.78, 5) is 33.8. The standard InChI is InChI=1S/C17H22N4O3S/c1-18-13(22)10-21-7-8-24-12(9-21)14-11-5-4-6-19-16(11)25-15(14)17(23)20(2)3/h4-6,12H,7-10H2,1-3H3,(H,18,22)/t12-/m1/s1. The van der Waals surface area contributed by atoms with Crippen molar-refractivity contribution in [3.63, 3.8) is 0 Å². The number of fused-ring (bicyclic) bond motifs is 1. The Morgan fingerprint density at radius 1 is 1.48 bits per heavy atom. The molecule has 0 aliphatic carbocycles. The number of carbonyl (C=O) groups excluding carboxylic acids is 2. The summed E-state index contributed by atoms with van der Waals surface area (Å²) in [6.07, 6.45) is 1.47. The molecule has 134 valence electrons. The van der Waals surface area contributed by atoms with E-state index in [4.69, 9.17) is 4.74 Å². The molecule has 0 bridgehead atoms. The van der Waals surface area contributed by atoms with Crippen molar-refractivity contribution < 1.29 is 14.3 Å². The molecule has 1 N–H and O–H groups in total. The predicted octanol–water partition coefficient (Wildman–Crippen LogP) is 1.12. The molecular weight excluding hydrogens is 340 g/mol. The zero-order chi connectivity index (χ0) is 18.0. The van der Waals surface area contributed by atoms with Crippen molar-refractivity contribution in [2.75, 3.05) is 47.4 Å². The fraction of sp³-hybridized carbons (Fsp3) is 0.471. The van der Waals surface area contributed by atoms with Crippen LogP contribution in [-0.4, -0.2) is 74.0 Å². The van der Waals surface area contributed by atoms with Crippen molar-refractivity contribution in [1.29, 1.82) is 0 Å². The molecule has 1 atom stereocenters. The van der Waals surface area contributed by atoms with Crippen LogP contribution in [0.4, 0.5) is 0 Å². The zero-order valence-corrected chi connectivity index (χ0v) is 15.4. The first-order chi connectivity index (χ1) is 12.0. The number of ether oxygens (including phenoxy) is 1. The third kappa shape index (κ3) is 3.65. The molecule has 7 nitrogen and oxygen atoms in total. The van der Waals surface area contributed by atoms with Crippen molar-refractivity contribution in [1.82, 2.24) is 20.1 Å². The first kappa shape index (κ1) is 17.8. The van der Waals surface area contributed by atoms with Crippen LogP contribution in [0.1, 0.15) is 21.3 Å². The van der Waals surface area contributed by atoms with E-state index in [1.807, 2.05) is 12.1 Å². The number of hydrogen-bond donors (Lipinski definition) is 1. The van der Waals surface area contributed by atoms with Gasteiger partial charge in [0.2, 0.25) is 5.91 Å². The molecule has 1 aliphatic rings. The van der Waals surface area contributed by atoms with Gasteiger partial charge in [0.05, 0.1) is 19.3 Å². The van der Waals surface area contributed by atoms with E-state index in [-0.39, 0.29) is 17.9 Å². The molecular formula is C17H22N4O3S. The maximum Gasteiger partial charge on any atom is 0.263 e. The van der Waals surface area contributed by atoms with Gasteiger partial charge in [-0.1, -0.05) is 6.07 Å². The summed E-state index contributed by atoms with van der Waals surface area (Å²) in [5, 5.41) is 3.59. The Hall–Kier alpha value is -2.03. The third-order valence-electron chi connectivity index (χ3n) is 4.22. The van der Waals surface area contributed by atoms with E-state index in [0.29, 0.717) is 31.1 Å². The SMILES string of the molecule is CNC(=O)CN1CCO[C@@H](c2c(C(=O)N(C)C)sc3ncccc23)C1. The molecule has 1 saturated heterocycles. The Kier molecular flexibility index (Phi) is 5.31. The lowest BCUT2D eigenvalue weighted by atomic mass is 10.0. The van der Waals surface area contributed by atoms with Crippen LogP contribution in [0.2, 0.25) is 0 Å². The minimum absolute atomic E-state index is 0.0258. The lowest BCUT2D eigenvalue weighted by Crippen LogP contribution is -2.43. The Bertz CT molecular complexity index is 789. The zero-order valence-electron chi connectivity index (χ0n) is 14.6. The highest BCUT2D eigenvalue weighted by Gasteiger charge is 2.31. The van der Waals surface area contributed by atoms with Crippen molar-refractivity contribution in [3.05, 3.63) is 28.8 Å². The molecule has 2 aromatic rings. The number of pyridine rings is 1. The molecule has 0 spiro atoms. The predicted molar refractivity (Wildman–Crippen MR) is 96.8 cm³/mol. The van der Waals surface area contributed by atoms with Gasteiger partial charge >= 0.3 is 0 Å². The van der Waals surface area contributed by atoms with Gasteiger partial charge in [0.1, 0.15) is 9.71 Å². The second-order valence-corrected chi connectivity index (χ2v) is 7.17. The molecule has 1 fully saturated rings. The molecule has 1 aliphatic heterocycles. The van der Waals surface area contributed by atoms with Gasteiger partial charge < -0.3 is 15.0 Å². The number of morpholine rings is 1. The number of nitrogens with one attached hydrogen (secondary N) is 1. The number of thiophene rings is 1. The Morgan fingerprint density at radius 2 is 2.28 bits per heavy atom. The van der Waals surface area contributed by atoms with E-state index in [0.717, 1.165) is 15.8 Å². The second-order valence-electron chi connectivity index (χ2n) is 6.17. The molecule has 0 saturated carbocycles. The van der Waals surface area contributed by atoms with E-state index in [1.165, 1.54) is 11.3 Å². The molecule has 3 rings (SSSR count). The number of hydrogen-bond acceptors (Lipinski definition) is 6. The van der Waals surface area contributed by atoms with Crippen LogP contribution in [0.25, 0.3) is 10.2 Å². The maximum absolute atomic E-state index is 12.7. The summed E-state index contributed by atoms with van der Waals surface area (Å²) in [7, 11) is 5.11. The highest BCUT2D eigenvalue weighted by molar-refractivity contribution is 7.20. The van der Waals surface area contributed by atoms with Gasteiger partial charge in [-0.2, -0.15) is 0 Å². The van der Waals surface area contributed by atoms with Crippen molar-refractivity contribution in [2.24, 2.45) is 0 Å². The Labute approximate surface area is 150 Å². The fourth-order valence-corrected chi connectivity index (χ4v) is 4.15. The molecule has 25 heavy (non-hydrogen) atoms. The molecule has 2 aromatic heterocycles.